The Morgan fingerprint density at radius 1 is 1.06 bits per heavy atom. The average molecular weight is 451 g/mol. The molecule has 0 N–H and O–H groups in total. The van der Waals surface area contributed by atoms with Gasteiger partial charge in [0.2, 0.25) is 0 Å². The van der Waals surface area contributed by atoms with Gasteiger partial charge in [-0.1, -0.05) is 30.0 Å². The van der Waals surface area contributed by atoms with E-state index >= 15 is 0 Å². The molecule has 2 aromatic carbocycles. The lowest BCUT2D eigenvalue weighted by molar-refractivity contribution is -0.121. The highest BCUT2D eigenvalue weighted by atomic mass is 32.2. The summed E-state index contributed by atoms with van der Waals surface area (Å²) in [5.41, 5.74) is 3.13. The fraction of sp³-hybridized carbons (Fsp3) is 0.250. The standard InChI is InChI=1S/C24H26N4OS2/c1-5-16-28-22(29)21(23-26(4)19-10-8-9-11-20(19)30-23)31-24(28)25-17-12-14-18(15-13-17)27(6-2)7-3/h5,8-15H,1,6-7,16H2,2-4H3. The van der Waals surface area contributed by atoms with Crippen molar-refractivity contribution in [3.8, 4) is 0 Å². The second-order valence-corrected chi connectivity index (χ2v) is 9.16. The van der Waals surface area contributed by atoms with Crippen molar-refractivity contribution >= 4 is 51.7 Å². The number of para-hydroxylation sites is 1. The summed E-state index contributed by atoms with van der Waals surface area (Å²) in [7, 11) is 2.01. The van der Waals surface area contributed by atoms with E-state index in [4.69, 9.17) is 4.99 Å². The van der Waals surface area contributed by atoms with Crippen LogP contribution in [0.3, 0.4) is 0 Å². The number of nitrogens with zero attached hydrogens (tertiary/aromatic N) is 4. The molecule has 4 rings (SSSR count). The molecule has 2 aliphatic heterocycles. The molecule has 0 unspecified atom stereocenters. The molecule has 2 heterocycles. The number of rotatable bonds is 6. The fourth-order valence-corrected chi connectivity index (χ4v) is 6.00. The van der Waals surface area contributed by atoms with Crippen LogP contribution in [0.25, 0.3) is 0 Å². The maximum atomic E-state index is 13.3. The summed E-state index contributed by atoms with van der Waals surface area (Å²) >= 11 is 3.07. The number of carbonyl (C=O) groups is 1. The minimum Gasteiger partial charge on any atom is -0.372 e. The van der Waals surface area contributed by atoms with E-state index in [0.717, 1.165) is 34.4 Å². The van der Waals surface area contributed by atoms with E-state index in [1.54, 1.807) is 22.7 Å². The van der Waals surface area contributed by atoms with Gasteiger partial charge in [-0.3, -0.25) is 9.69 Å². The molecule has 2 aromatic rings. The zero-order valence-electron chi connectivity index (χ0n) is 18.0. The number of carbonyl (C=O) groups excluding carboxylic acids is 1. The summed E-state index contributed by atoms with van der Waals surface area (Å²) in [6.45, 7) is 10.5. The quantitative estimate of drug-likeness (QED) is 0.417. The van der Waals surface area contributed by atoms with Gasteiger partial charge < -0.3 is 9.80 Å². The largest absolute Gasteiger partial charge is 0.372 e. The van der Waals surface area contributed by atoms with Crippen LogP contribution < -0.4 is 9.80 Å². The predicted molar refractivity (Wildman–Crippen MR) is 134 cm³/mol. The van der Waals surface area contributed by atoms with Crippen LogP contribution >= 0.6 is 23.5 Å². The molecule has 7 heteroatoms. The normalized spacial score (nSPS) is 19.3. The molecule has 0 spiro atoms. The molecule has 1 saturated heterocycles. The third-order valence-electron chi connectivity index (χ3n) is 5.31. The Labute approximate surface area is 192 Å². The zero-order chi connectivity index (χ0) is 22.0. The van der Waals surface area contributed by atoms with Gasteiger partial charge in [0.25, 0.3) is 5.91 Å². The second kappa shape index (κ2) is 9.24. The molecular weight excluding hydrogens is 424 g/mol. The Hall–Kier alpha value is -2.64. The van der Waals surface area contributed by atoms with Crippen LogP contribution in [0, 0.1) is 0 Å². The van der Waals surface area contributed by atoms with Crippen LogP contribution in [0.4, 0.5) is 17.1 Å². The number of thioether (sulfide) groups is 2. The molecule has 0 aliphatic carbocycles. The molecule has 0 saturated carbocycles. The summed E-state index contributed by atoms with van der Waals surface area (Å²) in [5.74, 6) is -0.0226. The molecule has 0 radical (unpaired) electrons. The smallest absolute Gasteiger partial charge is 0.269 e. The first-order chi connectivity index (χ1) is 15.1. The molecule has 0 aromatic heterocycles. The van der Waals surface area contributed by atoms with Gasteiger partial charge in [0.05, 0.1) is 16.4 Å². The molecule has 0 atom stereocenters. The molecule has 31 heavy (non-hydrogen) atoms. The van der Waals surface area contributed by atoms with E-state index in [2.05, 4.69) is 54.5 Å². The van der Waals surface area contributed by atoms with Crippen molar-refractivity contribution in [2.24, 2.45) is 4.99 Å². The van der Waals surface area contributed by atoms with Gasteiger partial charge in [-0.25, -0.2) is 4.99 Å². The van der Waals surface area contributed by atoms with Gasteiger partial charge in [-0.05, 0) is 62.0 Å². The summed E-state index contributed by atoms with van der Waals surface area (Å²) in [6, 6.07) is 16.4. The van der Waals surface area contributed by atoms with Crippen LogP contribution in [-0.2, 0) is 4.79 Å². The van der Waals surface area contributed by atoms with Crippen LogP contribution in [0.1, 0.15) is 13.8 Å². The van der Waals surface area contributed by atoms with Gasteiger partial charge in [0.1, 0.15) is 4.91 Å². The van der Waals surface area contributed by atoms with Crippen molar-refractivity contribution in [3.63, 3.8) is 0 Å². The summed E-state index contributed by atoms with van der Waals surface area (Å²) in [5, 5.41) is 1.64. The number of aliphatic imine (C=N–C) groups is 1. The molecule has 1 fully saturated rings. The lowest BCUT2D eigenvalue weighted by atomic mass is 10.2. The third-order valence-corrected chi connectivity index (χ3v) is 7.74. The van der Waals surface area contributed by atoms with Crippen molar-refractivity contribution in [2.45, 2.75) is 18.7 Å². The number of benzene rings is 2. The summed E-state index contributed by atoms with van der Waals surface area (Å²) < 4.78 is 0. The van der Waals surface area contributed by atoms with Crippen LogP contribution in [0.2, 0.25) is 0 Å². The number of anilines is 2. The molecule has 0 bridgehead atoms. The first-order valence-corrected chi connectivity index (χ1v) is 12.0. The SMILES string of the molecule is C=CCN1C(=O)C(=C2Sc3ccccc3N2C)SC1=Nc1ccc(N(CC)CC)cc1. The first-order valence-electron chi connectivity index (χ1n) is 10.4. The topological polar surface area (TPSA) is 39.2 Å². The van der Waals surface area contributed by atoms with E-state index in [9.17, 15) is 4.79 Å². The van der Waals surface area contributed by atoms with E-state index in [0.29, 0.717) is 16.6 Å². The minimum atomic E-state index is -0.0226. The van der Waals surface area contributed by atoms with Crippen molar-refractivity contribution in [2.75, 3.05) is 36.5 Å². The minimum absolute atomic E-state index is 0.0226. The Kier molecular flexibility index (Phi) is 6.43. The van der Waals surface area contributed by atoms with E-state index in [-0.39, 0.29) is 5.91 Å². The second-order valence-electron chi connectivity index (χ2n) is 7.15. The lowest BCUT2D eigenvalue weighted by Crippen LogP contribution is -2.29. The maximum absolute atomic E-state index is 13.3. The molecule has 160 valence electrons. The lowest BCUT2D eigenvalue weighted by Gasteiger charge is -2.20. The average Bonchev–Trinajstić information content (AvgIpc) is 3.28. The van der Waals surface area contributed by atoms with Gasteiger partial charge in [0, 0.05) is 37.3 Å². The first kappa shape index (κ1) is 21.6. The van der Waals surface area contributed by atoms with Gasteiger partial charge in [-0.2, -0.15) is 0 Å². The van der Waals surface area contributed by atoms with Gasteiger partial charge in [0.15, 0.2) is 5.17 Å². The van der Waals surface area contributed by atoms with E-state index in [1.807, 2.05) is 31.3 Å². The Morgan fingerprint density at radius 3 is 2.42 bits per heavy atom. The van der Waals surface area contributed by atoms with Crippen molar-refractivity contribution in [1.29, 1.82) is 0 Å². The maximum Gasteiger partial charge on any atom is 0.269 e. The number of hydrogen-bond acceptors (Lipinski definition) is 6. The third kappa shape index (κ3) is 4.12. The Bertz CT molecular complexity index is 1060. The van der Waals surface area contributed by atoms with Crippen molar-refractivity contribution < 1.29 is 4.79 Å². The molecule has 1 amide bonds. The van der Waals surface area contributed by atoms with Gasteiger partial charge in [-0.15, -0.1) is 6.58 Å². The highest BCUT2D eigenvalue weighted by molar-refractivity contribution is 8.19. The zero-order valence-corrected chi connectivity index (χ0v) is 19.7. The number of fused-ring (bicyclic) bond motifs is 1. The van der Waals surface area contributed by atoms with Crippen molar-refractivity contribution in [1.82, 2.24) is 4.90 Å². The number of amides is 1. The highest BCUT2D eigenvalue weighted by Gasteiger charge is 2.38. The highest BCUT2D eigenvalue weighted by Crippen LogP contribution is 2.49. The molecule has 5 nitrogen and oxygen atoms in total. The Morgan fingerprint density at radius 2 is 1.77 bits per heavy atom. The summed E-state index contributed by atoms with van der Waals surface area (Å²) in [6.07, 6.45) is 1.74. The van der Waals surface area contributed by atoms with Gasteiger partial charge >= 0.3 is 0 Å². The van der Waals surface area contributed by atoms with Crippen LogP contribution in [0.5, 0.6) is 0 Å². The molecular formula is C24H26N4OS2. The predicted octanol–water partition coefficient (Wildman–Crippen LogP) is 5.69. The summed E-state index contributed by atoms with van der Waals surface area (Å²) in [4.78, 5) is 26.0. The van der Waals surface area contributed by atoms with E-state index in [1.165, 1.54) is 17.4 Å². The number of hydrogen-bond donors (Lipinski definition) is 0. The fourth-order valence-electron chi connectivity index (χ4n) is 3.65. The van der Waals surface area contributed by atoms with Crippen LogP contribution in [-0.4, -0.2) is 42.7 Å². The Balaban J connectivity index is 1.66. The number of amidine groups is 1. The van der Waals surface area contributed by atoms with Crippen LogP contribution in [0.15, 0.2) is 81.0 Å². The van der Waals surface area contributed by atoms with E-state index < -0.39 is 0 Å². The molecule has 2 aliphatic rings. The monoisotopic (exact) mass is 450 g/mol. The van der Waals surface area contributed by atoms with Crippen molar-refractivity contribution in [3.05, 3.63) is 71.1 Å².